The lowest BCUT2D eigenvalue weighted by molar-refractivity contribution is 0.0686. The van der Waals surface area contributed by atoms with Gasteiger partial charge in [-0.05, 0) is 87.1 Å². The number of carbonyl (C=O) groups is 2. The van der Waals surface area contributed by atoms with E-state index in [1.165, 1.54) is 0 Å². The highest BCUT2D eigenvalue weighted by Crippen LogP contribution is 2.54. The van der Waals surface area contributed by atoms with Crippen LogP contribution in [0.2, 0.25) is 10.0 Å². The molecule has 1 N–H and O–H groups in total. The van der Waals surface area contributed by atoms with E-state index in [4.69, 9.17) is 37.8 Å². The number of hydrogen-bond donors (Lipinski definition) is 1. The van der Waals surface area contributed by atoms with Crippen molar-refractivity contribution >= 4 is 62.6 Å². The molecule has 5 heterocycles. The maximum absolute atomic E-state index is 15.5. The molecule has 1 amide bonds. The highest BCUT2D eigenvalue weighted by atomic mass is 35.5. The second-order valence-electron chi connectivity index (χ2n) is 15.4. The minimum atomic E-state index is -1.07. The molecule has 9 rings (SSSR count). The molecule has 10 nitrogen and oxygen atoms in total. The number of carboxylic acids is 1. The molecule has 4 aromatic carbocycles. The molecule has 12 heteroatoms. The number of nitrogens with zero attached hydrogens (tertiary/aromatic N) is 5. The molecule has 0 aliphatic carbocycles. The van der Waals surface area contributed by atoms with E-state index in [9.17, 15) is 9.90 Å². The average Bonchev–Trinajstić information content (AvgIpc) is 3.81. The minimum absolute atomic E-state index is 0.101. The summed E-state index contributed by atoms with van der Waals surface area (Å²) in [6.07, 6.45) is 1.19. The topological polar surface area (TPSA) is 104 Å². The van der Waals surface area contributed by atoms with Crippen molar-refractivity contribution in [1.29, 1.82) is 0 Å². The molecule has 0 spiro atoms. The summed E-state index contributed by atoms with van der Waals surface area (Å²) in [5.41, 5.74) is 9.38. The molecule has 57 heavy (non-hydrogen) atoms. The third-order valence-electron chi connectivity index (χ3n) is 11.7. The number of aromatic nitrogens is 4. The molecule has 7 aromatic rings. The molecule has 290 valence electrons. The Labute approximate surface area is 339 Å². The smallest absolute Gasteiger partial charge is 0.352 e. The first kappa shape index (κ1) is 36.9. The normalized spacial score (nSPS) is 15.8. The summed E-state index contributed by atoms with van der Waals surface area (Å²) in [5, 5.41) is 18.0. The predicted molar refractivity (Wildman–Crippen MR) is 224 cm³/mol. The summed E-state index contributed by atoms with van der Waals surface area (Å²) in [6, 6.07) is 23.0. The zero-order valence-corrected chi connectivity index (χ0v) is 34.0. The van der Waals surface area contributed by atoms with Gasteiger partial charge in [0.25, 0.3) is 5.91 Å². The summed E-state index contributed by atoms with van der Waals surface area (Å²) in [4.78, 5) is 29.8. The highest BCUT2D eigenvalue weighted by Gasteiger charge is 2.51. The van der Waals surface area contributed by atoms with Crippen LogP contribution in [0, 0.1) is 20.8 Å². The number of fused-ring (bicyclic) bond motifs is 4. The summed E-state index contributed by atoms with van der Waals surface area (Å²) in [7, 11) is 3.66. The van der Waals surface area contributed by atoms with E-state index in [-0.39, 0.29) is 18.1 Å². The van der Waals surface area contributed by atoms with Crippen molar-refractivity contribution in [2.24, 2.45) is 14.1 Å². The van der Waals surface area contributed by atoms with Gasteiger partial charge in [0, 0.05) is 53.2 Å². The van der Waals surface area contributed by atoms with Crippen LogP contribution in [0.1, 0.15) is 68.0 Å². The lowest BCUT2D eigenvalue weighted by Gasteiger charge is -2.45. The third kappa shape index (κ3) is 5.63. The Balaban J connectivity index is 1.21. The van der Waals surface area contributed by atoms with Crippen LogP contribution in [0.4, 0.5) is 5.69 Å². The van der Waals surface area contributed by atoms with Gasteiger partial charge in [0.05, 0.1) is 46.3 Å². The van der Waals surface area contributed by atoms with Gasteiger partial charge in [-0.1, -0.05) is 59.6 Å². The van der Waals surface area contributed by atoms with Crippen LogP contribution in [0.25, 0.3) is 32.9 Å². The van der Waals surface area contributed by atoms with E-state index in [0.29, 0.717) is 59.1 Å². The summed E-state index contributed by atoms with van der Waals surface area (Å²) >= 11 is 13.5. The number of carbonyl (C=O) groups excluding carboxylic acids is 1. The number of carboxylic acid groups (broad SMARTS) is 1. The van der Waals surface area contributed by atoms with Crippen molar-refractivity contribution in [1.82, 2.24) is 18.9 Å². The van der Waals surface area contributed by atoms with Gasteiger partial charge >= 0.3 is 5.97 Å². The van der Waals surface area contributed by atoms with E-state index >= 15 is 4.79 Å². The van der Waals surface area contributed by atoms with Crippen LogP contribution in [0.5, 0.6) is 11.5 Å². The molecule has 0 radical (unpaired) electrons. The van der Waals surface area contributed by atoms with Crippen LogP contribution in [-0.4, -0.2) is 49.0 Å². The van der Waals surface area contributed by atoms with Gasteiger partial charge in [-0.25, -0.2) is 4.79 Å². The molecular formula is C45H41Cl2N5O5. The Morgan fingerprint density at radius 3 is 2.35 bits per heavy atom. The molecule has 0 bridgehead atoms. The molecule has 1 atom stereocenters. The van der Waals surface area contributed by atoms with E-state index < -0.39 is 11.5 Å². The van der Waals surface area contributed by atoms with Gasteiger partial charge in [0.1, 0.15) is 35.0 Å². The largest absolute Gasteiger partial charge is 0.494 e. The number of rotatable bonds is 10. The quantitative estimate of drug-likeness (QED) is 0.138. The molecule has 2 aliphatic heterocycles. The van der Waals surface area contributed by atoms with Crippen LogP contribution < -0.4 is 14.4 Å². The van der Waals surface area contributed by atoms with E-state index in [0.717, 1.165) is 66.4 Å². The lowest BCUT2D eigenvalue weighted by atomic mass is 9.83. The average molecular weight is 803 g/mol. The first-order valence-corrected chi connectivity index (χ1v) is 19.7. The minimum Gasteiger partial charge on any atom is -0.494 e. The maximum Gasteiger partial charge on any atom is 0.352 e. The zero-order valence-electron chi connectivity index (χ0n) is 32.5. The molecule has 3 aromatic heterocycles. The standard InChI is InChI=1S/C45H41Cl2N5O5/c1-24-17-28(18-25(2)39(24)47)56-16-10-13-30-31-14-15-33(46)38-37-26(3)48-50(6)42(37)45(4)23-51(43(53)41(30)52(45)40(31)38)35-20-29(57-22-27-11-8-7-9-12-27)19-34-32(35)21-36(44(54)55)49(34)5/h7-9,11-12,14-15,17-21H,10,13,16,22-23H2,1-6H3,(H,54,55)/t45-/m1/s1. The van der Waals surface area contributed by atoms with Crippen LogP contribution in [0.15, 0.2) is 72.8 Å². The molecule has 2 aliphatic rings. The van der Waals surface area contributed by atoms with E-state index in [1.54, 1.807) is 22.6 Å². The van der Waals surface area contributed by atoms with Crippen LogP contribution >= 0.6 is 23.2 Å². The summed E-state index contributed by atoms with van der Waals surface area (Å²) < 4.78 is 18.4. The Hall–Kier alpha value is -5.71. The van der Waals surface area contributed by atoms with Gasteiger partial charge in [-0.2, -0.15) is 5.10 Å². The van der Waals surface area contributed by atoms with Gasteiger partial charge in [0.2, 0.25) is 0 Å². The van der Waals surface area contributed by atoms with Crippen LogP contribution in [0.3, 0.4) is 0 Å². The van der Waals surface area contributed by atoms with Crippen molar-refractivity contribution < 1.29 is 24.2 Å². The molecular weight excluding hydrogens is 761 g/mol. The van der Waals surface area contributed by atoms with Gasteiger partial charge in [-0.15, -0.1) is 0 Å². The van der Waals surface area contributed by atoms with Crippen molar-refractivity contribution in [2.45, 2.75) is 52.7 Å². The molecule has 0 saturated heterocycles. The molecule has 0 unspecified atom stereocenters. The van der Waals surface area contributed by atoms with Gasteiger partial charge in [-0.3, -0.25) is 9.48 Å². The predicted octanol–water partition coefficient (Wildman–Crippen LogP) is 9.79. The Bertz CT molecular complexity index is 2810. The number of aromatic carboxylic acids is 1. The van der Waals surface area contributed by atoms with Crippen molar-refractivity contribution in [3.8, 4) is 22.6 Å². The van der Waals surface area contributed by atoms with Crippen molar-refractivity contribution in [2.75, 3.05) is 18.1 Å². The lowest BCUT2D eigenvalue weighted by Crippen LogP contribution is -2.55. The van der Waals surface area contributed by atoms with Crippen molar-refractivity contribution in [3.05, 3.63) is 128 Å². The fraction of sp³-hybridized carbons (Fsp3) is 0.267. The summed E-state index contributed by atoms with van der Waals surface area (Å²) in [6.45, 7) is 9.04. The fourth-order valence-corrected chi connectivity index (χ4v) is 9.58. The van der Waals surface area contributed by atoms with Crippen molar-refractivity contribution in [3.63, 3.8) is 0 Å². The maximum atomic E-state index is 15.5. The Kier molecular flexibility index (Phi) is 8.71. The highest BCUT2D eigenvalue weighted by molar-refractivity contribution is 6.35. The monoisotopic (exact) mass is 801 g/mol. The number of halogens is 2. The van der Waals surface area contributed by atoms with E-state index in [2.05, 4.69) is 11.5 Å². The number of anilines is 1. The van der Waals surface area contributed by atoms with E-state index in [1.807, 2.05) is 99.2 Å². The van der Waals surface area contributed by atoms with Crippen LogP contribution in [-0.2, 0) is 32.7 Å². The first-order chi connectivity index (χ1) is 27.3. The Morgan fingerprint density at radius 2 is 1.63 bits per heavy atom. The number of hydrogen-bond acceptors (Lipinski definition) is 5. The zero-order chi connectivity index (χ0) is 40.1. The fourth-order valence-electron chi connectivity index (χ4n) is 9.22. The first-order valence-electron chi connectivity index (χ1n) is 18.9. The van der Waals surface area contributed by atoms with Gasteiger partial charge < -0.3 is 28.6 Å². The number of amides is 1. The third-order valence-corrected chi connectivity index (χ3v) is 12.6. The Morgan fingerprint density at radius 1 is 0.912 bits per heavy atom. The number of benzene rings is 4. The summed E-state index contributed by atoms with van der Waals surface area (Å²) in [5.74, 6) is 0.00235. The second kappa shape index (κ2) is 13.5. The molecule has 0 saturated carbocycles. The van der Waals surface area contributed by atoms with Gasteiger partial charge in [0.15, 0.2) is 0 Å². The SMILES string of the molecule is Cc1cc(OCCCc2c3n4c5c(c(Cl)ccc25)-c2c(C)nn(C)c2[C@@]4(C)CN(c2cc(OCc4ccccc4)cc4c2cc(C(=O)O)n4C)C3=O)cc(C)c1Cl. The number of ether oxygens (including phenoxy) is 2. The number of aryl methyl sites for hydroxylation is 6. The molecule has 0 fully saturated rings. The second-order valence-corrected chi connectivity index (χ2v) is 16.2.